The summed E-state index contributed by atoms with van der Waals surface area (Å²) in [6, 6.07) is 10.5. The largest absolute Gasteiger partial charge is 0.480 e. The number of nitrogens with zero attached hydrogens (tertiary/aromatic N) is 1. The fourth-order valence-corrected chi connectivity index (χ4v) is 3.05. The maximum absolute atomic E-state index is 12.3. The molecule has 0 saturated carbocycles. The van der Waals surface area contributed by atoms with Gasteiger partial charge in [0, 0.05) is 12.1 Å². The summed E-state index contributed by atoms with van der Waals surface area (Å²) in [5.41, 5.74) is 0.00674. The normalized spacial score (nSPS) is 12.5. The Labute approximate surface area is 131 Å². The van der Waals surface area contributed by atoms with Crippen LogP contribution in [0.4, 0.5) is 5.69 Å². The molecule has 8 nitrogen and oxygen atoms in total. The van der Waals surface area contributed by atoms with Gasteiger partial charge in [-0.25, -0.2) is 8.42 Å². The van der Waals surface area contributed by atoms with E-state index < -0.39 is 27.0 Å². The highest BCUT2D eigenvalue weighted by Crippen LogP contribution is 2.20. The van der Waals surface area contributed by atoms with Crippen LogP contribution in [0, 0.1) is 10.1 Å². The van der Waals surface area contributed by atoms with Gasteiger partial charge < -0.3 is 5.11 Å². The zero-order valence-corrected chi connectivity index (χ0v) is 12.4. The molecular weight excluding hydrogens is 324 g/mol. The second kappa shape index (κ2) is 6.55. The molecule has 0 unspecified atom stereocenters. The van der Waals surface area contributed by atoms with Gasteiger partial charge >= 0.3 is 5.97 Å². The molecule has 2 rings (SSSR count). The van der Waals surface area contributed by atoms with Crippen molar-refractivity contribution < 1.29 is 23.2 Å². The predicted octanol–water partition coefficient (Wildman–Crippen LogP) is 1.70. The van der Waals surface area contributed by atoms with Gasteiger partial charge in [-0.05, 0) is 17.7 Å². The van der Waals surface area contributed by atoms with E-state index in [1.807, 2.05) is 0 Å². The first kappa shape index (κ1) is 16.6. The number of nitrogens with one attached hydrogen (secondary N) is 1. The lowest BCUT2D eigenvalue weighted by molar-refractivity contribution is -0.384. The summed E-state index contributed by atoms with van der Waals surface area (Å²) < 4.78 is 26.6. The van der Waals surface area contributed by atoms with Crippen molar-refractivity contribution in [3.05, 3.63) is 70.3 Å². The first-order valence-corrected chi connectivity index (χ1v) is 7.84. The van der Waals surface area contributed by atoms with E-state index in [1.54, 1.807) is 18.2 Å². The van der Waals surface area contributed by atoms with Crippen molar-refractivity contribution in [2.45, 2.75) is 10.9 Å². The van der Waals surface area contributed by atoms with Crippen LogP contribution >= 0.6 is 0 Å². The van der Waals surface area contributed by atoms with Gasteiger partial charge in [0.05, 0.1) is 9.82 Å². The zero-order chi connectivity index (χ0) is 17.0. The van der Waals surface area contributed by atoms with Gasteiger partial charge in [0.2, 0.25) is 10.0 Å². The Kier molecular flexibility index (Phi) is 4.72. The minimum absolute atomic E-state index is 0.259. The van der Waals surface area contributed by atoms with Crippen LogP contribution in [-0.2, 0) is 14.8 Å². The van der Waals surface area contributed by atoms with Crippen LogP contribution in [-0.4, -0.2) is 24.4 Å². The number of carboxylic acid groups (broad SMARTS) is 1. The molecule has 0 bridgehead atoms. The van der Waals surface area contributed by atoms with E-state index in [4.69, 9.17) is 0 Å². The van der Waals surface area contributed by atoms with Gasteiger partial charge in [-0.3, -0.25) is 14.9 Å². The maximum Gasteiger partial charge on any atom is 0.326 e. The van der Waals surface area contributed by atoms with Gasteiger partial charge in [-0.2, -0.15) is 4.72 Å². The number of carbonyl (C=O) groups is 1. The zero-order valence-electron chi connectivity index (χ0n) is 11.6. The lowest BCUT2D eigenvalue weighted by Gasteiger charge is -2.15. The van der Waals surface area contributed by atoms with Crippen LogP contribution in [0.3, 0.4) is 0 Å². The van der Waals surface area contributed by atoms with E-state index >= 15 is 0 Å². The van der Waals surface area contributed by atoms with Crippen molar-refractivity contribution in [3.8, 4) is 0 Å². The second-order valence-corrected chi connectivity index (χ2v) is 6.27. The van der Waals surface area contributed by atoms with Crippen LogP contribution < -0.4 is 4.72 Å². The molecule has 0 heterocycles. The molecule has 9 heteroatoms. The summed E-state index contributed by atoms with van der Waals surface area (Å²) in [6.45, 7) is 0. The van der Waals surface area contributed by atoms with Crippen molar-refractivity contribution in [1.82, 2.24) is 4.72 Å². The molecule has 23 heavy (non-hydrogen) atoms. The number of hydrogen-bond donors (Lipinski definition) is 2. The fraction of sp³-hybridized carbons (Fsp3) is 0.0714. The van der Waals surface area contributed by atoms with Gasteiger partial charge in [0.25, 0.3) is 5.69 Å². The molecule has 0 aliphatic heterocycles. The predicted molar refractivity (Wildman–Crippen MR) is 80.2 cm³/mol. The van der Waals surface area contributed by atoms with Crippen molar-refractivity contribution in [2.24, 2.45) is 0 Å². The van der Waals surface area contributed by atoms with Crippen molar-refractivity contribution in [1.29, 1.82) is 0 Å². The Bertz CT molecular complexity index is 818. The molecule has 0 saturated heterocycles. The van der Waals surface area contributed by atoms with Crippen LogP contribution in [0.2, 0.25) is 0 Å². The molecule has 1 atom stereocenters. The highest BCUT2D eigenvalue weighted by molar-refractivity contribution is 7.89. The van der Waals surface area contributed by atoms with Crippen LogP contribution in [0.15, 0.2) is 59.5 Å². The third kappa shape index (κ3) is 3.90. The molecule has 0 fully saturated rings. The van der Waals surface area contributed by atoms with E-state index in [2.05, 4.69) is 4.72 Å². The van der Waals surface area contributed by atoms with Crippen LogP contribution in [0.1, 0.15) is 11.6 Å². The number of rotatable bonds is 6. The number of aliphatic carboxylic acids is 1. The molecule has 0 aliphatic rings. The number of carboxylic acids is 1. The van der Waals surface area contributed by atoms with Crippen LogP contribution in [0.25, 0.3) is 0 Å². The average Bonchev–Trinajstić information content (AvgIpc) is 2.53. The standard InChI is InChI=1S/C14H12N2O6S/c17-14(18)13(10-4-2-1-3-5-10)15-23(21,22)12-8-6-11(7-9-12)16(19)20/h1-9,13,15H,(H,17,18)/t13-/m1/s1. The first-order chi connectivity index (χ1) is 10.8. The molecule has 0 radical (unpaired) electrons. The van der Waals surface area contributed by atoms with Gasteiger partial charge in [-0.1, -0.05) is 30.3 Å². The Balaban J connectivity index is 2.31. The Morgan fingerprint density at radius 3 is 2.13 bits per heavy atom. The maximum atomic E-state index is 12.3. The number of benzene rings is 2. The first-order valence-electron chi connectivity index (χ1n) is 6.36. The lowest BCUT2D eigenvalue weighted by atomic mass is 10.1. The molecular formula is C14H12N2O6S. The minimum Gasteiger partial charge on any atom is -0.480 e. The number of nitro benzene ring substituents is 1. The number of hydrogen-bond acceptors (Lipinski definition) is 5. The summed E-state index contributed by atoms with van der Waals surface area (Å²) >= 11 is 0. The molecule has 120 valence electrons. The quantitative estimate of drug-likeness (QED) is 0.610. The van der Waals surface area contributed by atoms with E-state index in [1.165, 1.54) is 12.1 Å². The Hall–Kier alpha value is -2.78. The van der Waals surface area contributed by atoms with Gasteiger partial charge in [0.15, 0.2) is 0 Å². The summed E-state index contributed by atoms with van der Waals surface area (Å²) in [5.74, 6) is -1.36. The summed E-state index contributed by atoms with van der Waals surface area (Å²) in [6.07, 6.45) is 0. The third-order valence-electron chi connectivity index (χ3n) is 3.01. The number of non-ortho nitro benzene ring substituents is 1. The molecule has 0 aliphatic carbocycles. The summed E-state index contributed by atoms with van der Waals surface area (Å²) in [7, 11) is -4.15. The monoisotopic (exact) mass is 336 g/mol. The number of sulfonamides is 1. The molecule has 2 aromatic carbocycles. The van der Waals surface area contributed by atoms with E-state index in [0.717, 1.165) is 24.3 Å². The molecule has 0 aromatic heterocycles. The number of nitro groups is 1. The van der Waals surface area contributed by atoms with Crippen molar-refractivity contribution in [3.63, 3.8) is 0 Å². The topological polar surface area (TPSA) is 127 Å². The lowest BCUT2D eigenvalue weighted by Crippen LogP contribution is -2.33. The molecule has 2 N–H and O–H groups in total. The van der Waals surface area contributed by atoms with Gasteiger partial charge in [0.1, 0.15) is 6.04 Å². The molecule has 0 amide bonds. The van der Waals surface area contributed by atoms with Gasteiger partial charge in [-0.15, -0.1) is 0 Å². The second-order valence-electron chi connectivity index (χ2n) is 4.55. The molecule has 0 spiro atoms. The average molecular weight is 336 g/mol. The SMILES string of the molecule is O=C(O)[C@H](NS(=O)(=O)c1ccc([N+](=O)[O-])cc1)c1ccccc1. The summed E-state index contributed by atoms with van der Waals surface area (Å²) in [4.78, 5) is 21.0. The summed E-state index contributed by atoms with van der Waals surface area (Å²) in [5, 5.41) is 19.8. The Morgan fingerprint density at radius 2 is 1.65 bits per heavy atom. The van der Waals surface area contributed by atoms with Crippen LogP contribution in [0.5, 0.6) is 0 Å². The van der Waals surface area contributed by atoms with E-state index in [0.29, 0.717) is 0 Å². The highest BCUT2D eigenvalue weighted by Gasteiger charge is 2.27. The van der Waals surface area contributed by atoms with Crippen molar-refractivity contribution in [2.75, 3.05) is 0 Å². The fourth-order valence-electron chi connectivity index (χ4n) is 1.88. The third-order valence-corrected chi connectivity index (χ3v) is 4.45. The smallest absolute Gasteiger partial charge is 0.326 e. The minimum atomic E-state index is -4.15. The molecule has 2 aromatic rings. The Morgan fingerprint density at radius 1 is 1.09 bits per heavy atom. The highest BCUT2D eigenvalue weighted by atomic mass is 32.2. The van der Waals surface area contributed by atoms with E-state index in [9.17, 15) is 28.4 Å². The van der Waals surface area contributed by atoms with E-state index in [-0.39, 0.29) is 16.1 Å². The van der Waals surface area contributed by atoms with Crippen molar-refractivity contribution >= 4 is 21.7 Å².